The largest absolute Gasteiger partial charge is 0.390 e. The maximum absolute atomic E-state index is 8.32. The Morgan fingerprint density at radius 1 is 1.71 bits per heavy atom. The molecule has 1 aliphatic heterocycles. The maximum Gasteiger partial charge on any atom is 0.0900 e. The average Bonchev–Trinajstić information content (AvgIpc) is 2.14. The molecule has 1 radical (unpaired) electrons. The van der Waals surface area contributed by atoms with Gasteiger partial charge in [0.1, 0.15) is 0 Å². The van der Waals surface area contributed by atoms with Gasteiger partial charge in [0.25, 0.3) is 0 Å². The molecule has 0 aromatic rings. The summed E-state index contributed by atoms with van der Waals surface area (Å²) < 4.78 is 0. The SMILES string of the molecule is OCC1=N[N]C=C1. The molecule has 0 fully saturated rings. The molecular weight excluding hydrogens is 92.1 g/mol. The van der Waals surface area contributed by atoms with Crippen LogP contribution in [0.3, 0.4) is 0 Å². The Bertz CT molecular complexity index is 117. The van der Waals surface area contributed by atoms with Crippen molar-refractivity contribution >= 4 is 5.71 Å². The Balaban J connectivity index is 2.52. The molecule has 0 bridgehead atoms. The van der Waals surface area contributed by atoms with E-state index in [4.69, 9.17) is 5.11 Å². The Kier molecular flexibility index (Phi) is 1.08. The third kappa shape index (κ3) is 0.778. The Hall–Kier alpha value is -0.830. The van der Waals surface area contributed by atoms with E-state index in [0.29, 0.717) is 5.71 Å². The molecule has 0 unspecified atom stereocenters. The molecule has 1 rings (SSSR count). The second kappa shape index (κ2) is 1.75. The van der Waals surface area contributed by atoms with Gasteiger partial charge in [0, 0.05) is 0 Å². The van der Waals surface area contributed by atoms with E-state index in [1.165, 1.54) is 0 Å². The van der Waals surface area contributed by atoms with Crippen molar-refractivity contribution in [1.29, 1.82) is 0 Å². The molecule has 37 valence electrons. The van der Waals surface area contributed by atoms with Crippen LogP contribution in [-0.2, 0) is 0 Å². The molecule has 0 aliphatic carbocycles. The highest BCUT2D eigenvalue weighted by atomic mass is 16.3. The van der Waals surface area contributed by atoms with Gasteiger partial charge >= 0.3 is 0 Å². The number of aliphatic hydroxyl groups is 1. The van der Waals surface area contributed by atoms with E-state index in [1.54, 1.807) is 12.3 Å². The highest BCUT2D eigenvalue weighted by molar-refractivity contribution is 5.96. The molecule has 1 N–H and O–H groups in total. The minimum Gasteiger partial charge on any atom is -0.390 e. The zero-order valence-corrected chi connectivity index (χ0v) is 3.70. The van der Waals surface area contributed by atoms with E-state index in [1.807, 2.05) is 0 Å². The molecule has 7 heavy (non-hydrogen) atoms. The number of rotatable bonds is 1. The van der Waals surface area contributed by atoms with Crippen LogP contribution in [0.25, 0.3) is 0 Å². The third-order valence-electron chi connectivity index (χ3n) is 0.682. The molecular formula is C4H5N2O. The molecule has 0 amide bonds. The first-order valence-electron chi connectivity index (χ1n) is 1.97. The van der Waals surface area contributed by atoms with Crippen molar-refractivity contribution in [3.05, 3.63) is 12.3 Å². The van der Waals surface area contributed by atoms with Crippen molar-refractivity contribution in [2.24, 2.45) is 5.10 Å². The predicted molar refractivity (Wildman–Crippen MR) is 25.8 cm³/mol. The molecule has 0 atom stereocenters. The van der Waals surface area contributed by atoms with Crippen molar-refractivity contribution < 1.29 is 5.11 Å². The fourth-order valence-corrected chi connectivity index (χ4v) is 0.345. The van der Waals surface area contributed by atoms with Gasteiger partial charge in [-0.2, -0.15) is 10.5 Å². The lowest BCUT2D eigenvalue weighted by Gasteiger charge is -1.80. The van der Waals surface area contributed by atoms with Crippen LogP contribution in [0.15, 0.2) is 17.4 Å². The minimum atomic E-state index is -0.0139. The summed E-state index contributed by atoms with van der Waals surface area (Å²) in [6.07, 6.45) is 3.21. The zero-order valence-electron chi connectivity index (χ0n) is 3.70. The topological polar surface area (TPSA) is 46.7 Å². The second-order valence-electron chi connectivity index (χ2n) is 1.18. The summed E-state index contributed by atoms with van der Waals surface area (Å²) in [4.78, 5) is 0. The smallest absolute Gasteiger partial charge is 0.0900 e. The lowest BCUT2D eigenvalue weighted by Crippen LogP contribution is -1.96. The molecule has 1 heterocycles. The van der Waals surface area contributed by atoms with Crippen LogP contribution in [0.5, 0.6) is 0 Å². The van der Waals surface area contributed by atoms with E-state index in [-0.39, 0.29) is 6.61 Å². The highest BCUT2D eigenvalue weighted by Crippen LogP contribution is 1.86. The standard InChI is InChI=1S/C4H5N2O/c7-3-4-1-2-5-6-4/h1-2,7H,3H2. The second-order valence-corrected chi connectivity index (χ2v) is 1.18. The van der Waals surface area contributed by atoms with Crippen molar-refractivity contribution in [3.63, 3.8) is 0 Å². The zero-order chi connectivity index (χ0) is 5.11. The number of hydrogen-bond donors (Lipinski definition) is 1. The van der Waals surface area contributed by atoms with Crippen LogP contribution >= 0.6 is 0 Å². The van der Waals surface area contributed by atoms with E-state index < -0.39 is 0 Å². The first kappa shape index (κ1) is 4.33. The van der Waals surface area contributed by atoms with Gasteiger partial charge in [0.05, 0.1) is 18.5 Å². The van der Waals surface area contributed by atoms with Crippen LogP contribution in [0.4, 0.5) is 0 Å². The number of hydrogen-bond acceptors (Lipinski definition) is 2. The predicted octanol–water partition coefficient (Wildman–Crippen LogP) is -0.534. The summed E-state index contributed by atoms with van der Waals surface area (Å²) in [6, 6.07) is 0. The molecule has 0 saturated carbocycles. The summed E-state index contributed by atoms with van der Waals surface area (Å²) in [5, 5.41) is 11.9. The third-order valence-corrected chi connectivity index (χ3v) is 0.682. The lowest BCUT2D eigenvalue weighted by molar-refractivity contribution is 0.358. The summed E-state index contributed by atoms with van der Waals surface area (Å²) in [5.41, 5.74) is 4.11. The van der Waals surface area contributed by atoms with Crippen LogP contribution in [-0.4, -0.2) is 17.4 Å². The molecule has 0 aromatic heterocycles. The maximum atomic E-state index is 8.32. The monoisotopic (exact) mass is 97.0 g/mol. The molecule has 0 aromatic carbocycles. The van der Waals surface area contributed by atoms with Gasteiger partial charge in [0.2, 0.25) is 0 Å². The summed E-state index contributed by atoms with van der Waals surface area (Å²) >= 11 is 0. The lowest BCUT2D eigenvalue weighted by atomic mass is 10.4. The number of nitrogens with zero attached hydrogens (tertiary/aromatic N) is 2. The molecule has 1 aliphatic rings. The summed E-state index contributed by atoms with van der Waals surface area (Å²) in [7, 11) is 0. The highest BCUT2D eigenvalue weighted by Gasteiger charge is 1.94. The van der Waals surface area contributed by atoms with Crippen LogP contribution < -0.4 is 5.43 Å². The van der Waals surface area contributed by atoms with Gasteiger partial charge in [-0.15, -0.1) is 0 Å². The van der Waals surface area contributed by atoms with Crippen molar-refractivity contribution in [2.75, 3.05) is 6.61 Å². The van der Waals surface area contributed by atoms with Crippen molar-refractivity contribution in [2.45, 2.75) is 0 Å². The Morgan fingerprint density at radius 3 is 2.86 bits per heavy atom. The summed E-state index contributed by atoms with van der Waals surface area (Å²) in [5.74, 6) is 0. The van der Waals surface area contributed by atoms with Gasteiger partial charge < -0.3 is 5.11 Å². The van der Waals surface area contributed by atoms with E-state index in [2.05, 4.69) is 10.5 Å². The first-order chi connectivity index (χ1) is 3.43. The van der Waals surface area contributed by atoms with E-state index in [9.17, 15) is 0 Å². The molecule has 0 spiro atoms. The van der Waals surface area contributed by atoms with Gasteiger partial charge in [-0.1, -0.05) is 0 Å². The molecule has 0 saturated heterocycles. The van der Waals surface area contributed by atoms with Gasteiger partial charge in [-0.3, -0.25) is 0 Å². The quantitative estimate of drug-likeness (QED) is 0.469. The first-order valence-corrected chi connectivity index (χ1v) is 1.97. The Labute approximate surface area is 41.3 Å². The number of aliphatic hydroxyl groups excluding tert-OH is 1. The van der Waals surface area contributed by atoms with Crippen LogP contribution in [0.2, 0.25) is 0 Å². The van der Waals surface area contributed by atoms with Gasteiger partial charge in [-0.25, -0.2) is 0 Å². The Morgan fingerprint density at radius 2 is 2.57 bits per heavy atom. The van der Waals surface area contributed by atoms with Crippen LogP contribution in [0, 0.1) is 0 Å². The van der Waals surface area contributed by atoms with Crippen molar-refractivity contribution in [1.82, 2.24) is 5.43 Å². The van der Waals surface area contributed by atoms with Gasteiger partial charge in [0.15, 0.2) is 0 Å². The normalized spacial score (nSPS) is 16.4. The van der Waals surface area contributed by atoms with E-state index in [0.717, 1.165) is 0 Å². The fraction of sp³-hybridized carbons (Fsp3) is 0.250. The van der Waals surface area contributed by atoms with Gasteiger partial charge in [-0.05, 0) is 6.08 Å². The van der Waals surface area contributed by atoms with Crippen LogP contribution in [0.1, 0.15) is 0 Å². The fourth-order valence-electron chi connectivity index (χ4n) is 0.345. The van der Waals surface area contributed by atoms with E-state index >= 15 is 0 Å². The minimum absolute atomic E-state index is 0.0139. The summed E-state index contributed by atoms with van der Waals surface area (Å²) in [6.45, 7) is -0.0139. The molecule has 3 heteroatoms. The van der Waals surface area contributed by atoms with Crippen molar-refractivity contribution in [3.8, 4) is 0 Å². The molecule has 3 nitrogen and oxygen atoms in total. The average molecular weight is 97.1 g/mol.